The largest absolute Gasteiger partial charge is 0.397 e. The van der Waals surface area contributed by atoms with E-state index in [1.165, 1.54) is 6.07 Å². The fourth-order valence-electron chi connectivity index (χ4n) is 1.55. The Morgan fingerprint density at radius 1 is 1.22 bits per heavy atom. The molecule has 0 atom stereocenters. The Morgan fingerprint density at radius 2 is 1.94 bits per heavy atom. The minimum atomic E-state index is -0.278. The average Bonchev–Trinajstić information content (AvgIpc) is 2.31. The maximum Gasteiger partial charge on any atom is 0.137 e. The van der Waals surface area contributed by atoms with Gasteiger partial charge in [-0.15, -0.1) is 0 Å². The van der Waals surface area contributed by atoms with Gasteiger partial charge < -0.3 is 11.1 Å². The zero-order valence-electron chi connectivity index (χ0n) is 10.1. The molecule has 5 heteroatoms. The van der Waals surface area contributed by atoms with Gasteiger partial charge in [-0.3, -0.25) is 0 Å². The lowest BCUT2D eigenvalue weighted by Gasteiger charge is -2.11. The van der Waals surface area contributed by atoms with Crippen molar-refractivity contribution in [2.75, 3.05) is 11.1 Å². The van der Waals surface area contributed by atoms with E-state index in [1.807, 2.05) is 19.9 Å². The van der Waals surface area contributed by atoms with Crippen LogP contribution in [-0.4, -0.2) is 4.98 Å². The SMILES string of the molecule is Cc1cc(Nc2cc(Br)c(F)cc2C)ncc1N. The lowest BCUT2D eigenvalue weighted by Crippen LogP contribution is -1.99. The maximum absolute atomic E-state index is 13.3. The van der Waals surface area contributed by atoms with Gasteiger partial charge in [-0.2, -0.15) is 0 Å². The van der Waals surface area contributed by atoms with Crippen molar-refractivity contribution < 1.29 is 4.39 Å². The molecule has 0 saturated heterocycles. The van der Waals surface area contributed by atoms with Gasteiger partial charge in [0.1, 0.15) is 11.6 Å². The summed E-state index contributed by atoms with van der Waals surface area (Å²) in [5, 5.41) is 3.14. The summed E-state index contributed by atoms with van der Waals surface area (Å²) in [5.41, 5.74) is 8.93. The first-order chi connectivity index (χ1) is 8.47. The number of nitrogens with zero attached hydrogens (tertiary/aromatic N) is 1. The number of aromatic nitrogens is 1. The van der Waals surface area contributed by atoms with Crippen LogP contribution < -0.4 is 11.1 Å². The van der Waals surface area contributed by atoms with E-state index in [1.54, 1.807) is 12.3 Å². The third-order valence-corrected chi connectivity index (χ3v) is 3.29. The Bertz CT molecular complexity index is 599. The van der Waals surface area contributed by atoms with E-state index in [4.69, 9.17) is 5.73 Å². The Balaban J connectivity index is 2.34. The Morgan fingerprint density at radius 3 is 2.61 bits per heavy atom. The highest BCUT2D eigenvalue weighted by molar-refractivity contribution is 9.10. The lowest BCUT2D eigenvalue weighted by molar-refractivity contribution is 0.620. The molecule has 0 aliphatic rings. The van der Waals surface area contributed by atoms with Gasteiger partial charge in [0.05, 0.1) is 16.4 Å². The summed E-state index contributed by atoms with van der Waals surface area (Å²) in [4.78, 5) is 4.18. The average molecular weight is 310 g/mol. The molecule has 0 amide bonds. The van der Waals surface area contributed by atoms with Crippen molar-refractivity contribution in [1.29, 1.82) is 0 Å². The normalized spacial score (nSPS) is 10.4. The van der Waals surface area contributed by atoms with Crippen molar-refractivity contribution in [1.82, 2.24) is 4.98 Å². The summed E-state index contributed by atoms with van der Waals surface area (Å²) in [6.45, 7) is 3.75. The van der Waals surface area contributed by atoms with Crippen molar-refractivity contribution in [2.24, 2.45) is 0 Å². The van der Waals surface area contributed by atoms with E-state index in [0.29, 0.717) is 16.0 Å². The molecule has 0 spiro atoms. The summed E-state index contributed by atoms with van der Waals surface area (Å²) >= 11 is 3.16. The minimum absolute atomic E-state index is 0.278. The summed E-state index contributed by atoms with van der Waals surface area (Å²) in [7, 11) is 0. The Kier molecular flexibility index (Phi) is 3.52. The van der Waals surface area contributed by atoms with Crippen molar-refractivity contribution >= 4 is 33.1 Å². The predicted octanol–water partition coefficient (Wildman–Crippen LogP) is 3.93. The van der Waals surface area contributed by atoms with Crippen LogP contribution in [0.25, 0.3) is 0 Å². The predicted molar refractivity (Wildman–Crippen MR) is 75.5 cm³/mol. The zero-order chi connectivity index (χ0) is 13.3. The van der Waals surface area contributed by atoms with E-state index in [-0.39, 0.29) is 5.82 Å². The summed E-state index contributed by atoms with van der Waals surface area (Å²) < 4.78 is 13.7. The fraction of sp³-hybridized carbons (Fsp3) is 0.154. The smallest absolute Gasteiger partial charge is 0.137 e. The van der Waals surface area contributed by atoms with E-state index in [2.05, 4.69) is 26.2 Å². The van der Waals surface area contributed by atoms with Crippen LogP contribution in [0.1, 0.15) is 11.1 Å². The fourth-order valence-corrected chi connectivity index (χ4v) is 1.90. The quantitative estimate of drug-likeness (QED) is 0.884. The van der Waals surface area contributed by atoms with Crippen LogP contribution in [0.2, 0.25) is 0 Å². The van der Waals surface area contributed by atoms with Crippen molar-refractivity contribution in [3.8, 4) is 0 Å². The number of pyridine rings is 1. The minimum Gasteiger partial charge on any atom is -0.397 e. The molecule has 0 bridgehead atoms. The molecule has 3 N–H and O–H groups in total. The third kappa shape index (κ3) is 2.61. The number of hydrogen-bond donors (Lipinski definition) is 2. The van der Waals surface area contributed by atoms with Gasteiger partial charge in [-0.05, 0) is 59.1 Å². The highest BCUT2D eigenvalue weighted by Gasteiger charge is 2.06. The van der Waals surface area contributed by atoms with E-state index < -0.39 is 0 Å². The number of nitrogens with one attached hydrogen (secondary N) is 1. The van der Waals surface area contributed by atoms with Crippen LogP contribution in [-0.2, 0) is 0 Å². The summed E-state index contributed by atoms with van der Waals surface area (Å²) in [6.07, 6.45) is 1.60. The molecule has 0 aliphatic heterocycles. The molecule has 1 heterocycles. The number of benzene rings is 1. The zero-order valence-corrected chi connectivity index (χ0v) is 11.7. The number of nitrogens with two attached hydrogens (primary N) is 1. The van der Waals surface area contributed by atoms with Crippen LogP contribution >= 0.6 is 15.9 Å². The summed E-state index contributed by atoms with van der Waals surface area (Å²) in [6, 6.07) is 5.01. The highest BCUT2D eigenvalue weighted by Crippen LogP contribution is 2.27. The molecule has 0 saturated carbocycles. The molecular formula is C13H13BrFN3. The maximum atomic E-state index is 13.3. The van der Waals surface area contributed by atoms with Gasteiger partial charge >= 0.3 is 0 Å². The molecule has 0 fully saturated rings. The van der Waals surface area contributed by atoms with Gasteiger partial charge in [0.2, 0.25) is 0 Å². The molecule has 94 valence electrons. The van der Waals surface area contributed by atoms with Crippen LogP contribution in [0, 0.1) is 19.7 Å². The van der Waals surface area contributed by atoms with E-state index in [9.17, 15) is 4.39 Å². The highest BCUT2D eigenvalue weighted by atomic mass is 79.9. The van der Waals surface area contributed by atoms with Crippen LogP contribution in [0.3, 0.4) is 0 Å². The van der Waals surface area contributed by atoms with Gasteiger partial charge in [0.25, 0.3) is 0 Å². The van der Waals surface area contributed by atoms with Gasteiger partial charge in [0.15, 0.2) is 0 Å². The molecule has 18 heavy (non-hydrogen) atoms. The number of rotatable bonds is 2. The number of hydrogen-bond acceptors (Lipinski definition) is 3. The second-order valence-electron chi connectivity index (χ2n) is 4.13. The number of anilines is 3. The molecule has 1 aromatic carbocycles. The van der Waals surface area contributed by atoms with Gasteiger partial charge in [0, 0.05) is 5.69 Å². The molecule has 0 aliphatic carbocycles. The second kappa shape index (κ2) is 4.94. The molecular weight excluding hydrogens is 297 g/mol. The number of aryl methyl sites for hydroxylation is 2. The molecule has 1 aromatic heterocycles. The first kappa shape index (κ1) is 12.8. The molecule has 3 nitrogen and oxygen atoms in total. The standard InChI is InChI=1S/C13H13BrFN3/c1-7-4-13(17-6-11(7)16)18-12-5-9(14)10(15)3-8(12)2/h3-6H,16H2,1-2H3,(H,17,18). The van der Waals surface area contributed by atoms with Crippen molar-refractivity contribution in [3.05, 3.63) is 45.8 Å². The molecule has 2 rings (SSSR count). The molecule has 0 unspecified atom stereocenters. The first-order valence-electron chi connectivity index (χ1n) is 5.42. The third-order valence-electron chi connectivity index (χ3n) is 2.68. The number of halogens is 2. The van der Waals surface area contributed by atoms with Crippen molar-refractivity contribution in [3.63, 3.8) is 0 Å². The van der Waals surface area contributed by atoms with Crippen LogP contribution in [0.4, 0.5) is 21.6 Å². The van der Waals surface area contributed by atoms with Crippen LogP contribution in [0.15, 0.2) is 28.9 Å². The molecule has 0 radical (unpaired) electrons. The van der Waals surface area contributed by atoms with Crippen molar-refractivity contribution in [2.45, 2.75) is 13.8 Å². The van der Waals surface area contributed by atoms with Gasteiger partial charge in [-0.25, -0.2) is 9.37 Å². The molecule has 2 aromatic rings. The Hall–Kier alpha value is -1.62. The number of nitrogen functional groups attached to an aromatic ring is 1. The second-order valence-corrected chi connectivity index (χ2v) is 4.99. The monoisotopic (exact) mass is 309 g/mol. The lowest BCUT2D eigenvalue weighted by atomic mass is 10.2. The van der Waals surface area contributed by atoms with E-state index >= 15 is 0 Å². The van der Waals surface area contributed by atoms with Gasteiger partial charge in [-0.1, -0.05) is 0 Å². The first-order valence-corrected chi connectivity index (χ1v) is 6.21. The summed E-state index contributed by atoms with van der Waals surface area (Å²) in [5.74, 6) is 0.405. The van der Waals surface area contributed by atoms with Crippen LogP contribution in [0.5, 0.6) is 0 Å². The topological polar surface area (TPSA) is 50.9 Å². The van der Waals surface area contributed by atoms with E-state index in [0.717, 1.165) is 16.8 Å². The Labute approximate surface area is 113 Å².